The molecule has 0 aliphatic carbocycles. The van der Waals surface area contributed by atoms with Crippen molar-refractivity contribution >= 4 is 34.7 Å². The molecule has 8 nitrogen and oxygen atoms in total. The normalized spacial score (nSPS) is 14.9. The highest BCUT2D eigenvalue weighted by Gasteiger charge is 2.33. The molecular formula is C17H20ClN5O3+2. The zero-order valence-electron chi connectivity index (χ0n) is 14.1. The second-order valence-electron chi connectivity index (χ2n) is 6.10. The Hall–Kier alpha value is -2.71. The second-order valence-corrected chi connectivity index (χ2v) is 6.51. The number of anilines is 2. The smallest absolute Gasteiger partial charge is 0.321 e. The number of carbonyl (C=O) groups is 1. The highest BCUT2D eigenvalue weighted by Crippen LogP contribution is 2.22. The summed E-state index contributed by atoms with van der Waals surface area (Å²) in [6.07, 6.45) is 1.68. The van der Waals surface area contributed by atoms with Gasteiger partial charge in [-0.1, -0.05) is 23.7 Å². The number of benzene rings is 1. The maximum Gasteiger partial charge on any atom is 0.357 e. The Morgan fingerprint density at radius 3 is 2.69 bits per heavy atom. The van der Waals surface area contributed by atoms with Crippen LogP contribution in [0.15, 0.2) is 42.6 Å². The van der Waals surface area contributed by atoms with E-state index in [0.29, 0.717) is 36.2 Å². The van der Waals surface area contributed by atoms with E-state index in [9.17, 15) is 14.9 Å². The molecule has 0 unspecified atom stereocenters. The van der Waals surface area contributed by atoms with Gasteiger partial charge in [0.1, 0.15) is 26.2 Å². The predicted molar refractivity (Wildman–Crippen MR) is 97.5 cm³/mol. The first kappa shape index (κ1) is 18.1. The average molecular weight is 378 g/mol. The lowest BCUT2D eigenvalue weighted by atomic mass is 10.2. The first-order valence-corrected chi connectivity index (χ1v) is 8.70. The van der Waals surface area contributed by atoms with Gasteiger partial charge in [0.15, 0.2) is 6.54 Å². The third-order valence-electron chi connectivity index (χ3n) is 4.35. The average Bonchev–Trinajstić information content (AvgIpc) is 2.64. The number of hydrogen-bond donors (Lipinski definition) is 2. The van der Waals surface area contributed by atoms with E-state index in [0.717, 1.165) is 18.0 Å². The molecular weight excluding hydrogens is 358 g/mol. The maximum absolute atomic E-state index is 12.2. The van der Waals surface area contributed by atoms with Crippen LogP contribution < -0.4 is 20.1 Å². The highest BCUT2D eigenvalue weighted by atomic mass is 35.5. The van der Waals surface area contributed by atoms with E-state index < -0.39 is 0 Å². The summed E-state index contributed by atoms with van der Waals surface area (Å²) >= 11 is 6.05. The molecule has 3 rings (SSSR count). The number of halogens is 1. The van der Waals surface area contributed by atoms with Crippen LogP contribution in [0.1, 0.15) is 0 Å². The van der Waals surface area contributed by atoms with Gasteiger partial charge in [0.25, 0.3) is 5.91 Å². The second kappa shape index (κ2) is 8.11. The van der Waals surface area contributed by atoms with Crippen LogP contribution in [0.3, 0.4) is 0 Å². The third-order valence-corrected chi connectivity index (χ3v) is 4.68. The van der Waals surface area contributed by atoms with Crippen molar-refractivity contribution in [3.63, 3.8) is 0 Å². The molecule has 1 aliphatic heterocycles. The van der Waals surface area contributed by atoms with E-state index in [2.05, 4.69) is 10.3 Å². The Kier molecular flexibility index (Phi) is 5.65. The molecule has 2 aromatic rings. The van der Waals surface area contributed by atoms with Crippen molar-refractivity contribution < 1.29 is 19.6 Å². The number of piperazine rings is 1. The first-order chi connectivity index (χ1) is 12.5. The molecule has 1 aliphatic rings. The highest BCUT2D eigenvalue weighted by molar-refractivity contribution is 6.33. The van der Waals surface area contributed by atoms with Gasteiger partial charge >= 0.3 is 11.5 Å². The van der Waals surface area contributed by atoms with Gasteiger partial charge in [-0.15, -0.1) is 0 Å². The Labute approximate surface area is 155 Å². The van der Waals surface area contributed by atoms with Gasteiger partial charge in [-0.05, 0) is 18.2 Å². The summed E-state index contributed by atoms with van der Waals surface area (Å²) in [4.78, 5) is 29.1. The molecule has 0 bridgehead atoms. The number of H-pyrrole nitrogens is 1. The van der Waals surface area contributed by atoms with Crippen molar-refractivity contribution in [2.75, 3.05) is 42.9 Å². The Balaban J connectivity index is 1.55. The lowest BCUT2D eigenvalue weighted by Crippen LogP contribution is -3.15. The van der Waals surface area contributed by atoms with Crippen LogP contribution in [0.4, 0.5) is 17.2 Å². The fraction of sp³-hybridized carbons (Fsp3) is 0.294. The monoisotopic (exact) mass is 377 g/mol. The summed E-state index contributed by atoms with van der Waals surface area (Å²) in [5.74, 6) is 0.413. The molecule has 1 amide bonds. The summed E-state index contributed by atoms with van der Waals surface area (Å²) in [7, 11) is 0. The number of nitro groups is 1. The van der Waals surface area contributed by atoms with Gasteiger partial charge in [0.2, 0.25) is 0 Å². The van der Waals surface area contributed by atoms with E-state index >= 15 is 0 Å². The Bertz CT molecular complexity index is 808. The molecule has 1 aromatic heterocycles. The maximum atomic E-state index is 12.2. The minimum atomic E-state index is -0.387. The minimum absolute atomic E-state index is 0.0624. The van der Waals surface area contributed by atoms with Crippen molar-refractivity contribution in [3.05, 3.63) is 57.7 Å². The van der Waals surface area contributed by atoms with Gasteiger partial charge in [-0.25, -0.2) is 9.88 Å². The van der Waals surface area contributed by atoms with E-state index in [4.69, 9.17) is 11.6 Å². The van der Waals surface area contributed by atoms with Gasteiger partial charge in [-0.3, -0.25) is 14.9 Å². The van der Waals surface area contributed by atoms with Gasteiger partial charge < -0.3 is 10.2 Å². The lowest BCUT2D eigenvalue weighted by molar-refractivity contribution is -0.892. The van der Waals surface area contributed by atoms with E-state index in [1.54, 1.807) is 24.4 Å². The number of pyridine rings is 1. The number of quaternary nitrogens is 1. The van der Waals surface area contributed by atoms with Gasteiger partial charge in [-0.2, -0.15) is 0 Å². The molecule has 3 N–H and O–H groups in total. The molecule has 0 radical (unpaired) electrons. The molecule has 136 valence electrons. The SMILES string of the molecule is O=C(C[NH+]1CCN(c2[nH+]cccc2[N+](=O)[O-])CC1)Nc1ccccc1Cl. The molecule has 1 saturated heterocycles. The quantitative estimate of drug-likeness (QED) is 0.582. The number of nitrogens with zero attached hydrogens (tertiary/aromatic N) is 2. The van der Waals surface area contributed by atoms with Crippen LogP contribution in [-0.4, -0.2) is 43.6 Å². The molecule has 0 atom stereocenters. The fourth-order valence-electron chi connectivity index (χ4n) is 3.03. The third kappa shape index (κ3) is 4.27. The topological polar surface area (TPSA) is 94.1 Å². The van der Waals surface area contributed by atoms with Crippen LogP contribution in [0.5, 0.6) is 0 Å². The molecule has 2 heterocycles. The van der Waals surface area contributed by atoms with Crippen molar-refractivity contribution in [3.8, 4) is 0 Å². The van der Waals surface area contributed by atoms with Crippen LogP contribution in [0.25, 0.3) is 0 Å². The number of amides is 1. The number of para-hydroxylation sites is 1. The number of nitrogens with one attached hydrogen (secondary N) is 3. The summed E-state index contributed by atoms with van der Waals surface area (Å²) in [6, 6.07) is 10.2. The predicted octanol–water partition coefficient (Wildman–Crippen LogP) is 0.406. The van der Waals surface area contributed by atoms with Crippen molar-refractivity contribution in [2.24, 2.45) is 0 Å². The molecule has 1 aromatic carbocycles. The molecule has 26 heavy (non-hydrogen) atoms. The summed E-state index contributed by atoms with van der Waals surface area (Å²) in [5, 5.41) is 14.5. The molecule has 0 saturated carbocycles. The lowest BCUT2D eigenvalue weighted by Gasteiger charge is -2.27. The van der Waals surface area contributed by atoms with Crippen LogP contribution >= 0.6 is 11.6 Å². The fourth-order valence-corrected chi connectivity index (χ4v) is 3.21. The van der Waals surface area contributed by atoms with Crippen LogP contribution in [0.2, 0.25) is 5.02 Å². The largest absolute Gasteiger partial charge is 0.357 e. The first-order valence-electron chi connectivity index (χ1n) is 8.32. The zero-order chi connectivity index (χ0) is 18.5. The van der Waals surface area contributed by atoms with Crippen LogP contribution in [0, 0.1) is 10.1 Å². The van der Waals surface area contributed by atoms with Crippen molar-refractivity contribution in [1.82, 2.24) is 0 Å². The molecule has 9 heteroatoms. The van der Waals surface area contributed by atoms with Crippen molar-refractivity contribution in [2.45, 2.75) is 0 Å². The number of aromatic amines is 1. The Morgan fingerprint density at radius 2 is 2.00 bits per heavy atom. The molecule has 1 fully saturated rings. The van der Waals surface area contributed by atoms with Crippen molar-refractivity contribution in [1.29, 1.82) is 0 Å². The van der Waals surface area contributed by atoms with E-state index in [-0.39, 0.29) is 16.5 Å². The number of rotatable bonds is 5. The van der Waals surface area contributed by atoms with Crippen LogP contribution in [-0.2, 0) is 4.79 Å². The van der Waals surface area contributed by atoms with Gasteiger partial charge in [0.05, 0.1) is 21.8 Å². The number of carbonyl (C=O) groups excluding carboxylic acids is 1. The van der Waals surface area contributed by atoms with Gasteiger partial charge in [0, 0.05) is 6.07 Å². The molecule has 0 spiro atoms. The standard InChI is InChI=1S/C17H18ClN5O3/c18-13-4-1-2-5-14(13)20-16(24)12-21-8-10-22(11-9-21)17-15(23(25)26)6-3-7-19-17/h1-7H,8-12H2,(H,20,24)/p+2. The summed E-state index contributed by atoms with van der Waals surface area (Å²) < 4.78 is 0. The number of aromatic nitrogens is 1. The Morgan fingerprint density at radius 1 is 1.27 bits per heavy atom. The number of hydrogen-bond acceptors (Lipinski definition) is 4. The van der Waals surface area contributed by atoms with E-state index in [1.165, 1.54) is 6.07 Å². The zero-order valence-corrected chi connectivity index (χ0v) is 14.8. The van der Waals surface area contributed by atoms with E-state index in [1.807, 2.05) is 17.0 Å². The summed E-state index contributed by atoms with van der Waals surface area (Å²) in [5.41, 5.74) is 0.666. The minimum Gasteiger partial charge on any atom is -0.321 e. The summed E-state index contributed by atoms with van der Waals surface area (Å²) in [6.45, 7) is 3.04.